The molecule has 4 aromatic rings. The van der Waals surface area contributed by atoms with Crippen LogP contribution in [-0.2, 0) is 12.7 Å². The predicted molar refractivity (Wildman–Crippen MR) is 121 cm³/mol. The Kier molecular flexibility index (Phi) is 5.59. The molecule has 4 heterocycles. The molecule has 0 bridgehead atoms. The molecule has 0 aliphatic carbocycles. The van der Waals surface area contributed by atoms with Crippen LogP contribution >= 0.6 is 11.6 Å². The van der Waals surface area contributed by atoms with Crippen molar-refractivity contribution >= 4 is 11.6 Å². The zero-order chi connectivity index (χ0) is 24.0. The number of imidazole rings is 2. The lowest BCUT2D eigenvalue weighted by molar-refractivity contribution is -0.138. The normalized spacial score (nSPS) is 15.9. The van der Waals surface area contributed by atoms with Crippen molar-refractivity contribution in [2.45, 2.75) is 38.4 Å². The van der Waals surface area contributed by atoms with Crippen molar-refractivity contribution < 1.29 is 17.9 Å². The summed E-state index contributed by atoms with van der Waals surface area (Å²) in [7, 11) is 1.53. The van der Waals surface area contributed by atoms with Gasteiger partial charge in [0, 0.05) is 29.9 Å². The van der Waals surface area contributed by atoms with Gasteiger partial charge in [0.15, 0.2) is 0 Å². The van der Waals surface area contributed by atoms with E-state index in [0.717, 1.165) is 23.9 Å². The minimum Gasteiger partial charge on any atom is -0.479 e. The topological polar surface area (TPSA) is 57.8 Å². The Hall–Kier alpha value is -3.33. The Bertz CT molecular complexity index is 1360. The molecule has 0 spiro atoms. The van der Waals surface area contributed by atoms with Crippen LogP contribution in [0.5, 0.6) is 5.88 Å². The highest BCUT2D eigenvalue weighted by Crippen LogP contribution is 2.42. The van der Waals surface area contributed by atoms with Crippen LogP contribution in [0.4, 0.5) is 13.2 Å². The molecule has 0 saturated heterocycles. The molecule has 0 fully saturated rings. The van der Waals surface area contributed by atoms with Crippen molar-refractivity contribution in [2.75, 3.05) is 7.11 Å². The minimum atomic E-state index is -4.51. The number of pyridine rings is 1. The summed E-state index contributed by atoms with van der Waals surface area (Å²) in [4.78, 5) is 13.6. The summed E-state index contributed by atoms with van der Waals surface area (Å²) < 4.78 is 50.6. The molecule has 5 rings (SSSR count). The Morgan fingerprint density at radius 1 is 1.09 bits per heavy atom. The highest BCUT2D eigenvalue weighted by Gasteiger charge is 2.37. The van der Waals surface area contributed by atoms with E-state index in [0.29, 0.717) is 36.1 Å². The second-order valence-electron chi connectivity index (χ2n) is 8.25. The summed E-state index contributed by atoms with van der Waals surface area (Å²) >= 11 is 5.89. The van der Waals surface area contributed by atoms with Crippen LogP contribution in [0.2, 0.25) is 5.02 Å². The first kappa shape index (κ1) is 22.5. The summed E-state index contributed by atoms with van der Waals surface area (Å²) in [6.45, 7) is 2.57. The average Bonchev–Trinajstić information content (AvgIpc) is 3.44. The molecule has 1 aliphatic heterocycles. The van der Waals surface area contributed by atoms with Crippen molar-refractivity contribution in [2.24, 2.45) is 0 Å². The van der Waals surface area contributed by atoms with Crippen molar-refractivity contribution in [1.82, 2.24) is 24.1 Å². The predicted octanol–water partition coefficient (Wildman–Crippen LogP) is 6.05. The number of aromatic nitrogens is 5. The maximum absolute atomic E-state index is 13.8. The van der Waals surface area contributed by atoms with Crippen molar-refractivity contribution in [3.8, 4) is 23.0 Å². The summed E-state index contributed by atoms with van der Waals surface area (Å²) in [5.74, 6) is 0.491. The van der Waals surface area contributed by atoms with Crippen molar-refractivity contribution in [1.29, 1.82) is 0 Å². The minimum absolute atomic E-state index is 0.0559. The number of halogens is 4. The van der Waals surface area contributed by atoms with Crippen LogP contribution in [0.3, 0.4) is 0 Å². The van der Waals surface area contributed by atoms with Gasteiger partial charge >= 0.3 is 6.18 Å². The van der Waals surface area contributed by atoms with E-state index in [1.807, 2.05) is 40.6 Å². The molecule has 176 valence electrons. The largest absolute Gasteiger partial charge is 0.479 e. The first-order chi connectivity index (χ1) is 16.2. The Balaban J connectivity index is 1.55. The van der Waals surface area contributed by atoms with Crippen molar-refractivity contribution in [3.05, 3.63) is 76.7 Å². The lowest BCUT2D eigenvalue weighted by atomic mass is 9.87. The Labute approximate surface area is 199 Å². The number of nitrogens with zero attached hydrogens (tertiary/aromatic N) is 5. The van der Waals surface area contributed by atoms with E-state index in [9.17, 15) is 13.2 Å². The monoisotopic (exact) mass is 487 g/mol. The van der Waals surface area contributed by atoms with E-state index in [-0.39, 0.29) is 10.6 Å². The standard InChI is InChI=1S/C24H21ClF3N5O/c1-14-11-33(13-29-14)21-8-7-19(31-23(21)34-2)20-12-32-9-3-4-17(22(32)30-20)16-6-5-15(25)10-18(16)24(26,27)28/h5-8,10-13,17H,3-4,9H2,1-2H3/t17-/m0/s1. The molecule has 3 aromatic heterocycles. The quantitative estimate of drug-likeness (QED) is 0.352. The summed E-state index contributed by atoms with van der Waals surface area (Å²) in [5, 5.41) is 0.0559. The van der Waals surface area contributed by atoms with E-state index >= 15 is 0 Å². The van der Waals surface area contributed by atoms with E-state index < -0.39 is 17.7 Å². The molecular weight excluding hydrogens is 467 g/mol. The van der Waals surface area contributed by atoms with Gasteiger partial charge in [-0.3, -0.25) is 0 Å². The van der Waals surface area contributed by atoms with Crippen LogP contribution < -0.4 is 4.74 Å². The third-order valence-electron chi connectivity index (χ3n) is 5.99. The lowest BCUT2D eigenvalue weighted by Gasteiger charge is -2.26. The first-order valence-corrected chi connectivity index (χ1v) is 11.1. The second-order valence-corrected chi connectivity index (χ2v) is 8.69. The number of aryl methyl sites for hydroxylation is 2. The number of methoxy groups -OCH3 is 1. The molecule has 10 heteroatoms. The van der Waals surface area contributed by atoms with Gasteiger partial charge in [0.2, 0.25) is 5.88 Å². The summed E-state index contributed by atoms with van der Waals surface area (Å²) in [6, 6.07) is 7.63. The third-order valence-corrected chi connectivity index (χ3v) is 6.23. The number of fused-ring (bicyclic) bond motifs is 1. The number of rotatable bonds is 4. The molecule has 0 radical (unpaired) electrons. The molecule has 0 N–H and O–H groups in total. The summed E-state index contributed by atoms with van der Waals surface area (Å²) in [6.07, 6.45) is 2.18. The molecule has 34 heavy (non-hydrogen) atoms. The van der Waals surface area contributed by atoms with Gasteiger partial charge in [0.1, 0.15) is 17.2 Å². The number of benzene rings is 1. The van der Waals surface area contributed by atoms with Gasteiger partial charge in [-0.15, -0.1) is 0 Å². The van der Waals surface area contributed by atoms with Gasteiger partial charge in [-0.05, 0) is 49.6 Å². The van der Waals surface area contributed by atoms with Crippen LogP contribution in [-0.4, -0.2) is 31.2 Å². The molecule has 1 atom stereocenters. The van der Waals surface area contributed by atoms with Gasteiger partial charge in [-0.2, -0.15) is 13.2 Å². The fraction of sp³-hybridized carbons (Fsp3) is 0.292. The number of hydrogen-bond acceptors (Lipinski definition) is 4. The van der Waals surface area contributed by atoms with E-state index in [1.165, 1.54) is 19.2 Å². The van der Waals surface area contributed by atoms with Gasteiger partial charge in [-0.25, -0.2) is 15.0 Å². The van der Waals surface area contributed by atoms with Gasteiger partial charge < -0.3 is 13.9 Å². The first-order valence-electron chi connectivity index (χ1n) is 10.7. The molecule has 6 nitrogen and oxygen atoms in total. The fourth-order valence-electron chi connectivity index (χ4n) is 4.45. The van der Waals surface area contributed by atoms with E-state index in [4.69, 9.17) is 21.3 Å². The molecule has 0 unspecified atom stereocenters. The SMILES string of the molecule is COc1nc(-c2cn3c(n2)[C@H](c2ccc(Cl)cc2C(F)(F)F)CCC3)ccc1-n1cnc(C)c1. The second kappa shape index (κ2) is 8.47. The van der Waals surface area contributed by atoms with Gasteiger partial charge in [0.05, 0.1) is 30.4 Å². The zero-order valence-electron chi connectivity index (χ0n) is 18.5. The molecule has 0 saturated carbocycles. The average molecular weight is 488 g/mol. The highest BCUT2D eigenvalue weighted by atomic mass is 35.5. The number of alkyl halides is 3. The molecule has 1 aliphatic rings. The molecule has 0 amide bonds. The smallest absolute Gasteiger partial charge is 0.416 e. The lowest BCUT2D eigenvalue weighted by Crippen LogP contribution is -2.20. The maximum Gasteiger partial charge on any atom is 0.416 e. The van der Waals surface area contributed by atoms with Crippen LogP contribution in [0.1, 0.15) is 41.4 Å². The Morgan fingerprint density at radius 3 is 2.62 bits per heavy atom. The zero-order valence-corrected chi connectivity index (χ0v) is 19.2. The maximum atomic E-state index is 13.8. The van der Waals surface area contributed by atoms with Crippen LogP contribution in [0, 0.1) is 6.92 Å². The van der Waals surface area contributed by atoms with Crippen LogP contribution in [0.15, 0.2) is 49.1 Å². The molecular formula is C24H21ClF3N5O. The number of hydrogen-bond donors (Lipinski definition) is 0. The van der Waals surface area contributed by atoms with Crippen LogP contribution in [0.25, 0.3) is 17.1 Å². The van der Waals surface area contributed by atoms with Gasteiger partial charge in [-0.1, -0.05) is 17.7 Å². The fourth-order valence-corrected chi connectivity index (χ4v) is 4.63. The van der Waals surface area contributed by atoms with Crippen molar-refractivity contribution in [3.63, 3.8) is 0 Å². The van der Waals surface area contributed by atoms with E-state index in [2.05, 4.69) is 9.97 Å². The highest BCUT2D eigenvalue weighted by molar-refractivity contribution is 6.30. The Morgan fingerprint density at radius 2 is 1.91 bits per heavy atom. The van der Waals surface area contributed by atoms with Gasteiger partial charge in [0.25, 0.3) is 0 Å². The molecule has 1 aromatic carbocycles. The number of ether oxygens (including phenoxy) is 1. The van der Waals surface area contributed by atoms with E-state index in [1.54, 1.807) is 6.33 Å². The summed E-state index contributed by atoms with van der Waals surface area (Å²) in [5.41, 5.74) is 2.21. The third kappa shape index (κ3) is 4.04.